The summed E-state index contributed by atoms with van der Waals surface area (Å²) in [6, 6.07) is 8.71. The Balaban J connectivity index is 2.23. The number of hydrogen-bond acceptors (Lipinski definition) is 6. The highest BCUT2D eigenvalue weighted by molar-refractivity contribution is 7.72. The van der Waals surface area contributed by atoms with Crippen LogP contribution >= 0.6 is 0 Å². The third-order valence-electron chi connectivity index (χ3n) is 5.15. The zero-order valence-electron chi connectivity index (χ0n) is 18.8. The number of nitrogens with one attached hydrogen (secondary N) is 1. The van der Waals surface area contributed by atoms with E-state index < -0.39 is 58.0 Å². The van der Waals surface area contributed by atoms with E-state index in [-0.39, 0.29) is 12.1 Å². The molecule has 0 aromatic heterocycles. The molecule has 1 atom stereocenters. The predicted molar refractivity (Wildman–Crippen MR) is 116 cm³/mol. The Bertz CT molecular complexity index is 1120. The van der Waals surface area contributed by atoms with E-state index in [2.05, 4.69) is 14.8 Å². The number of anilines is 1. The molecule has 1 amide bonds. The molecule has 0 bridgehead atoms. The third-order valence-corrected chi connectivity index (χ3v) is 6.08. The van der Waals surface area contributed by atoms with E-state index in [1.807, 2.05) is 0 Å². The first-order valence-electron chi connectivity index (χ1n) is 10.1. The summed E-state index contributed by atoms with van der Waals surface area (Å²) in [6.07, 6.45) is -12.2. The van der Waals surface area contributed by atoms with Crippen molar-refractivity contribution >= 4 is 28.3 Å². The molecule has 7 nitrogen and oxygen atoms in total. The summed E-state index contributed by atoms with van der Waals surface area (Å²) in [5.74, 6) is -2.07. The Morgan fingerprint density at radius 1 is 0.917 bits per heavy atom. The Morgan fingerprint density at radius 2 is 1.44 bits per heavy atom. The molecule has 0 radical (unpaired) electrons. The van der Waals surface area contributed by atoms with Crippen LogP contribution in [0.3, 0.4) is 0 Å². The molecule has 0 fully saturated rings. The molecule has 36 heavy (non-hydrogen) atoms. The van der Waals surface area contributed by atoms with Crippen LogP contribution in [0.5, 0.6) is 0 Å². The van der Waals surface area contributed by atoms with Gasteiger partial charge in [-0.25, -0.2) is 13.2 Å². The summed E-state index contributed by atoms with van der Waals surface area (Å²) in [5, 5.41) is 1.62. The first-order valence-corrected chi connectivity index (χ1v) is 11.3. The van der Waals surface area contributed by atoms with Crippen LogP contribution in [0.4, 0.5) is 32.0 Å². The number of halogens is 6. The van der Waals surface area contributed by atoms with Crippen LogP contribution in [0.15, 0.2) is 48.5 Å². The number of hydrogen-bond donors (Lipinski definition) is 2. The molecule has 198 valence electrons. The summed E-state index contributed by atoms with van der Waals surface area (Å²) >= 11 is 0. The van der Waals surface area contributed by atoms with E-state index in [1.54, 1.807) is 0 Å². The number of rotatable bonds is 9. The van der Waals surface area contributed by atoms with Crippen molar-refractivity contribution in [3.05, 3.63) is 65.2 Å². The second-order valence-corrected chi connectivity index (χ2v) is 8.89. The minimum atomic E-state index is -5.99. The van der Waals surface area contributed by atoms with Crippen molar-refractivity contribution in [2.75, 3.05) is 19.0 Å². The van der Waals surface area contributed by atoms with Gasteiger partial charge in [0.15, 0.2) is 0 Å². The number of alkyl halides is 6. The van der Waals surface area contributed by atoms with Gasteiger partial charge in [-0.15, -0.1) is 0 Å². The molecule has 0 aliphatic heterocycles. The lowest BCUT2D eigenvalue weighted by molar-refractivity contribution is -0.387. The Kier molecular flexibility index (Phi) is 9.13. The number of carbonyl (C=O) groups is 2. The number of carbonyl (C=O) groups excluding carboxylic acids is 2. The number of esters is 1. The van der Waals surface area contributed by atoms with Crippen LogP contribution in [0.1, 0.15) is 28.9 Å². The summed E-state index contributed by atoms with van der Waals surface area (Å²) in [7, 11) is -1.91. The minimum Gasteiger partial charge on any atom is -0.467 e. The van der Waals surface area contributed by atoms with Gasteiger partial charge in [0.25, 0.3) is 5.60 Å². The van der Waals surface area contributed by atoms with Gasteiger partial charge in [-0.2, -0.15) is 26.3 Å². The molecule has 0 aliphatic carbocycles. The largest absolute Gasteiger partial charge is 0.467 e. The lowest BCUT2D eigenvalue weighted by Gasteiger charge is -2.37. The molecule has 0 saturated carbocycles. The van der Waals surface area contributed by atoms with E-state index in [4.69, 9.17) is 0 Å². The smallest absolute Gasteiger partial charge is 0.430 e. The Morgan fingerprint density at radius 3 is 1.89 bits per heavy atom. The van der Waals surface area contributed by atoms with Crippen LogP contribution in [-0.2, 0) is 41.8 Å². The van der Waals surface area contributed by atoms with Crippen molar-refractivity contribution in [2.24, 2.45) is 0 Å². The first kappa shape index (κ1) is 29.1. The molecule has 1 N–H and O–H groups in total. The molecular weight excluding hydrogens is 520 g/mol. The molecule has 2 aromatic rings. The van der Waals surface area contributed by atoms with Crippen LogP contribution < -0.4 is 5.32 Å². The highest BCUT2D eigenvalue weighted by Gasteiger charge is 2.73. The Labute approximate surface area is 203 Å². The van der Waals surface area contributed by atoms with Gasteiger partial charge in [-0.1, -0.05) is 36.4 Å². The van der Waals surface area contributed by atoms with Crippen LogP contribution in [0.25, 0.3) is 0 Å². The first-order chi connectivity index (χ1) is 16.6. The van der Waals surface area contributed by atoms with Gasteiger partial charge in [-0.05, 0) is 30.2 Å². The molecule has 1 unspecified atom stereocenters. The quantitative estimate of drug-likeness (QED) is 0.283. The molecule has 0 saturated heterocycles. The number of thiol groups is 1. The van der Waals surface area contributed by atoms with Crippen molar-refractivity contribution in [2.45, 2.75) is 36.5 Å². The highest BCUT2D eigenvalue weighted by Crippen LogP contribution is 2.53. The predicted octanol–water partition coefficient (Wildman–Crippen LogP) is 4.05. The fraction of sp³-hybridized carbons (Fsp3) is 0.364. The SMILES string of the molecule is COC(=O)COC(c1ccc(NC(=O)Cc2ccc(C(C)[SH](=O)=O)cc2)cc1)(C(F)(F)F)C(F)(F)F. The van der Waals surface area contributed by atoms with E-state index in [0.717, 1.165) is 19.2 Å². The maximum Gasteiger partial charge on any atom is 0.430 e. The lowest BCUT2D eigenvalue weighted by atomic mass is 9.91. The van der Waals surface area contributed by atoms with Gasteiger partial charge < -0.3 is 14.8 Å². The molecule has 0 spiro atoms. The van der Waals surface area contributed by atoms with E-state index in [9.17, 15) is 44.3 Å². The monoisotopic (exact) mass is 541 g/mol. The average molecular weight is 541 g/mol. The molecule has 2 aromatic carbocycles. The summed E-state index contributed by atoms with van der Waals surface area (Å²) in [5.41, 5.74) is -5.26. The summed E-state index contributed by atoms with van der Waals surface area (Å²) < 4.78 is 112. The second kappa shape index (κ2) is 11.3. The maximum absolute atomic E-state index is 13.7. The number of ether oxygens (including phenoxy) is 2. The fourth-order valence-corrected chi connectivity index (χ4v) is 3.59. The topological polar surface area (TPSA) is 98.8 Å². The normalized spacial score (nSPS) is 13.4. The summed E-state index contributed by atoms with van der Waals surface area (Å²) in [6.45, 7) is -0.124. The zero-order valence-corrected chi connectivity index (χ0v) is 19.7. The van der Waals surface area contributed by atoms with Crippen molar-refractivity contribution < 1.29 is 53.8 Å². The zero-order chi connectivity index (χ0) is 27.3. The van der Waals surface area contributed by atoms with Crippen LogP contribution in [0.2, 0.25) is 0 Å². The van der Waals surface area contributed by atoms with Gasteiger partial charge >= 0.3 is 18.3 Å². The van der Waals surface area contributed by atoms with Crippen molar-refractivity contribution in [1.82, 2.24) is 0 Å². The highest BCUT2D eigenvalue weighted by atomic mass is 32.2. The minimum absolute atomic E-state index is 0.0939. The van der Waals surface area contributed by atoms with E-state index >= 15 is 0 Å². The van der Waals surface area contributed by atoms with Gasteiger partial charge in [-0.3, -0.25) is 4.79 Å². The molecule has 0 aliphatic rings. The average Bonchev–Trinajstić information content (AvgIpc) is 2.78. The van der Waals surface area contributed by atoms with Gasteiger partial charge in [0.05, 0.1) is 18.8 Å². The van der Waals surface area contributed by atoms with Gasteiger partial charge in [0, 0.05) is 11.3 Å². The van der Waals surface area contributed by atoms with Crippen LogP contribution in [0, 0.1) is 0 Å². The maximum atomic E-state index is 13.7. The second-order valence-electron chi connectivity index (χ2n) is 7.55. The van der Waals surface area contributed by atoms with E-state index in [0.29, 0.717) is 23.3 Å². The number of amides is 1. The number of benzene rings is 2. The van der Waals surface area contributed by atoms with Gasteiger partial charge in [0.2, 0.25) is 5.91 Å². The van der Waals surface area contributed by atoms with Crippen molar-refractivity contribution in [3.63, 3.8) is 0 Å². The van der Waals surface area contributed by atoms with Crippen molar-refractivity contribution in [3.8, 4) is 0 Å². The number of methoxy groups -OCH3 is 1. The van der Waals surface area contributed by atoms with E-state index in [1.165, 1.54) is 31.2 Å². The molecule has 14 heteroatoms. The standard InChI is InChI=1S/C22H21F6NO6S/c1-13(36(32)33)15-5-3-14(4-6-15)11-18(30)29-17-9-7-16(8-10-17)20(21(23,24)25,22(26,27)28)35-12-19(31)34-2/h3-10,13,36H,11-12H2,1-2H3,(H,29,30). The lowest BCUT2D eigenvalue weighted by Crippen LogP contribution is -2.56. The van der Waals surface area contributed by atoms with Gasteiger partial charge in [0.1, 0.15) is 17.3 Å². The fourth-order valence-electron chi connectivity index (χ4n) is 3.18. The molecule has 2 rings (SSSR count). The molecular formula is C22H21F6NO6S. The molecule has 0 heterocycles. The van der Waals surface area contributed by atoms with Crippen LogP contribution in [-0.4, -0.2) is 46.4 Å². The third kappa shape index (κ3) is 6.55. The summed E-state index contributed by atoms with van der Waals surface area (Å²) in [4.78, 5) is 23.5. The Hall–Kier alpha value is -3.13. The van der Waals surface area contributed by atoms with Crippen molar-refractivity contribution in [1.29, 1.82) is 0 Å².